The summed E-state index contributed by atoms with van der Waals surface area (Å²) in [4.78, 5) is 13.2. The van der Waals surface area contributed by atoms with Crippen LogP contribution < -0.4 is 10.9 Å². The molecule has 458 valence electrons. The van der Waals surface area contributed by atoms with E-state index in [1.165, 1.54) is 60.5 Å². The highest BCUT2D eigenvalue weighted by atomic mass is 79.9. The van der Waals surface area contributed by atoms with Gasteiger partial charge in [-0.15, -0.1) is 0 Å². The molecular formula is C79H72B2BrN3O7. The van der Waals surface area contributed by atoms with E-state index < -0.39 is 36.6 Å². The molecule has 0 N–H and O–H groups in total. The Balaban J connectivity index is 0.000000136. The molecule has 0 amide bonds. The van der Waals surface area contributed by atoms with Crippen LogP contribution in [-0.2, 0) is 32.8 Å². The number of halogens is 1. The standard InChI is InChI=1S/C38H28N2O2.C32H36B2O4.C9H8BrNO/c1-2-6-25(7-3-1)30-18-19-33-34(24-30)36(27-12-16-29(17-13-27)38-40-21-23-42-38)32-9-5-4-8-31(32)35(33)26-10-14-28(15-11-26)37-39-20-22-41-37;1-29(2)30(3,4)36-33(35-29)27-23-16-12-13-17-24(23)28(34-37-31(5,6)32(7,8)38-34)26-20-22(18-19-25(26)27)21-14-10-9-11-15-21;10-8-3-1-7(2-4-8)9-11-5-6-12-9/h1-19,24H,20-23H2;9-20H,1-8H3;1-4H,5-6H2. The number of nitrogens with zero attached hydrogens (tertiary/aromatic N) is 3. The van der Waals surface area contributed by atoms with E-state index in [4.69, 9.17) is 32.8 Å². The predicted octanol–water partition coefficient (Wildman–Crippen LogP) is 17.0. The first-order valence-electron chi connectivity index (χ1n) is 31.8. The third-order valence-electron chi connectivity index (χ3n) is 19.0. The maximum Gasteiger partial charge on any atom is 0.496 e. The van der Waals surface area contributed by atoms with Gasteiger partial charge in [0, 0.05) is 21.2 Å². The van der Waals surface area contributed by atoms with Gasteiger partial charge >= 0.3 is 14.2 Å². The molecular weight excluding hydrogens is 1200 g/mol. The highest BCUT2D eigenvalue weighted by Crippen LogP contribution is 2.46. The van der Waals surface area contributed by atoms with Crippen molar-refractivity contribution in [1.29, 1.82) is 0 Å². The first-order chi connectivity index (χ1) is 44.5. The zero-order valence-corrected chi connectivity index (χ0v) is 54.8. The molecule has 0 aliphatic carbocycles. The van der Waals surface area contributed by atoms with Crippen LogP contribution in [-0.4, -0.2) is 93.8 Å². The molecule has 5 heterocycles. The lowest BCUT2D eigenvalue weighted by molar-refractivity contribution is 0.00578. The summed E-state index contributed by atoms with van der Waals surface area (Å²) in [6, 6.07) is 77.1. The quantitative estimate of drug-likeness (QED) is 0.105. The summed E-state index contributed by atoms with van der Waals surface area (Å²) in [6.07, 6.45) is 0. The molecule has 11 aromatic rings. The van der Waals surface area contributed by atoms with Gasteiger partial charge in [-0.1, -0.05) is 174 Å². The van der Waals surface area contributed by atoms with E-state index >= 15 is 0 Å². The van der Waals surface area contributed by atoms with E-state index in [1.807, 2.05) is 30.3 Å². The summed E-state index contributed by atoms with van der Waals surface area (Å²) >= 11 is 3.37. The summed E-state index contributed by atoms with van der Waals surface area (Å²) < 4.78 is 44.4. The molecule has 2 fully saturated rings. The molecule has 0 radical (unpaired) electrons. The van der Waals surface area contributed by atoms with E-state index in [1.54, 1.807) is 0 Å². The van der Waals surface area contributed by atoms with Gasteiger partial charge < -0.3 is 32.8 Å². The summed E-state index contributed by atoms with van der Waals surface area (Å²) in [5, 5.41) is 9.25. The first-order valence-corrected chi connectivity index (χ1v) is 32.6. The number of hydrogen-bond donors (Lipinski definition) is 0. The van der Waals surface area contributed by atoms with Crippen molar-refractivity contribution in [3.63, 3.8) is 0 Å². The summed E-state index contributed by atoms with van der Waals surface area (Å²) in [6.45, 7) is 21.1. The van der Waals surface area contributed by atoms with E-state index in [0.717, 1.165) is 96.5 Å². The molecule has 0 aromatic heterocycles. The number of ether oxygens (including phenoxy) is 3. The van der Waals surface area contributed by atoms with Crippen LogP contribution in [0, 0.1) is 0 Å². The lowest BCUT2D eigenvalue weighted by Gasteiger charge is -2.32. The maximum atomic E-state index is 6.66. The second kappa shape index (κ2) is 24.7. The Morgan fingerprint density at radius 3 is 0.978 bits per heavy atom. The average Bonchev–Trinajstić information content (AvgIpc) is 1.39. The lowest BCUT2D eigenvalue weighted by atomic mass is 9.66. The number of rotatable bonds is 9. The lowest BCUT2D eigenvalue weighted by Crippen LogP contribution is -2.41. The van der Waals surface area contributed by atoms with Gasteiger partial charge in [-0.25, -0.2) is 15.0 Å². The number of benzene rings is 11. The van der Waals surface area contributed by atoms with Crippen LogP contribution in [0.15, 0.2) is 238 Å². The number of hydrogen-bond acceptors (Lipinski definition) is 10. The van der Waals surface area contributed by atoms with E-state index in [0.29, 0.717) is 19.8 Å². The Kier molecular flexibility index (Phi) is 16.4. The van der Waals surface area contributed by atoms with Crippen LogP contribution in [0.2, 0.25) is 0 Å². The molecule has 10 nitrogen and oxygen atoms in total. The van der Waals surface area contributed by atoms with Crippen molar-refractivity contribution in [2.24, 2.45) is 15.0 Å². The molecule has 2 saturated heterocycles. The molecule has 0 unspecified atom stereocenters. The topological polar surface area (TPSA) is 102 Å². The van der Waals surface area contributed by atoms with E-state index in [9.17, 15) is 0 Å². The minimum absolute atomic E-state index is 0.445. The van der Waals surface area contributed by atoms with Gasteiger partial charge in [-0.2, -0.15) is 0 Å². The van der Waals surface area contributed by atoms with Crippen molar-refractivity contribution >= 4 is 102 Å². The van der Waals surface area contributed by atoms with Crippen LogP contribution in [0.25, 0.3) is 87.6 Å². The third kappa shape index (κ3) is 11.6. The van der Waals surface area contributed by atoms with Crippen LogP contribution in [0.3, 0.4) is 0 Å². The van der Waals surface area contributed by atoms with E-state index in [2.05, 4.69) is 274 Å². The number of aliphatic imine (C=N–C) groups is 3. The second-order valence-corrected chi connectivity index (χ2v) is 26.8. The Bertz CT molecular complexity index is 4660. The number of fused-ring (bicyclic) bond motifs is 4. The zero-order chi connectivity index (χ0) is 63.4. The Morgan fingerprint density at radius 1 is 0.293 bits per heavy atom. The van der Waals surface area contributed by atoms with Gasteiger partial charge in [0.25, 0.3) is 0 Å². The minimum atomic E-state index is -0.509. The first kappa shape index (κ1) is 60.9. The fourth-order valence-corrected chi connectivity index (χ4v) is 13.0. The third-order valence-corrected chi connectivity index (χ3v) is 19.5. The summed E-state index contributed by atoms with van der Waals surface area (Å²) in [5.41, 5.74) is 12.9. The Labute approximate surface area is 547 Å². The van der Waals surface area contributed by atoms with Crippen LogP contribution in [0.5, 0.6) is 0 Å². The van der Waals surface area contributed by atoms with E-state index in [-0.39, 0.29) is 0 Å². The van der Waals surface area contributed by atoms with Crippen LogP contribution in [0.4, 0.5) is 0 Å². The molecule has 0 saturated carbocycles. The zero-order valence-electron chi connectivity index (χ0n) is 53.3. The summed E-state index contributed by atoms with van der Waals surface area (Å²) in [5.74, 6) is 2.23. The van der Waals surface area contributed by atoms with Gasteiger partial charge in [0.1, 0.15) is 19.8 Å². The van der Waals surface area contributed by atoms with Crippen molar-refractivity contribution in [1.82, 2.24) is 0 Å². The molecule has 5 aliphatic heterocycles. The van der Waals surface area contributed by atoms with Crippen molar-refractivity contribution in [3.8, 4) is 44.5 Å². The van der Waals surface area contributed by atoms with Gasteiger partial charge in [-0.3, -0.25) is 0 Å². The maximum absolute atomic E-state index is 6.66. The summed E-state index contributed by atoms with van der Waals surface area (Å²) in [7, 11) is -1.01. The van der Waals surface area contributed by atoms with Gasteiger partial charge in [0.2, 0.25) is 17.7 Å². The molecule has 16 rings (SSSR count). The SMILES string of the molecule is Brc1ccc(C2=NCCO2)cc1.CC1(C)OB(c2c3ccccc3c(B3OC(C)(C)C(C)(C)O3)c3cc(-c4ccccc4)ccc23)OC1(C)C.c1ccc(-c2ccc3c(-c4ccc(C5=NCCO5)cc4)c4ccccc4c(-c4ccc(C5=NCCO5)cc4)c3c2)cc1. The van der Waals surface area contributed by atoms with Crippen molar-refractivity contribution in [3.05, 3.63) is 240 Å². The monoisotopic (exact) mass is 1280 g/mol. The van der Waals surface area contributed by atoms with Crippen LogP contribution >= 0.6 is 15.9 Å². The largest absolute Gasteiger partial charge is 0.496 e. The Hall–Kier alpha value is -8.68. The highest BCUT2D eigenvalue weighted by Gasteiger charge is 2.55. The molecule has 0 bridgehead atoms. The Morgan fingerprint density at radius 2 is 0.587 bits per heavy atom. The smallest absolute Gasteiger partial charge is 0.476 e. The predicted molar refractivity (Wildman–Crippen MR) is 382 cm³/mol. The molecule has 0 atom stereocenters. The van der Waals surface area contributed by atoms with Crippen molar-refractivity contribution in [2.45, 2.75) is 77.8 Å². The second-order valence-electron chi connectivity index (χ2n) is 25.9. The van der Waals surface area contributed by atoms with Gasteiger partial charge in [-0.05, 0) is 215 Å². The molecule has 92 heavy (non-hydrogen) atoms. The van der Waals surface area contributed by atoms with Crippen molar-refractivity contribution < 1.29 is 32.8 Å². The fourth-order valence-electron chi connectivity index (χ4n) is 12.8. The van der Waals surface area contributed by atoms with Crippen molar-refractivity contribution in [2.75, 3.05) is 39.5 Å². The highest BCUT2D eigenvalue weighted by molar-refractivity contribution is 9.10. The van der Waals surface area contributed by atoms with Gasteiger partial charge in [0.15, 0.2) is 0 Å². The molecule has 5 aliphatic rings. The fraction of sp³-hybridized carbons (Fsp3) is 0.228. The normalized spacial score (nSPS) is 17.5. The molecule has 13 heteroatoms. The van der Waals surface area contributed by atoms with Crippen LogP contribution in [0.1, 0.15) is 72.1 Å². The average molecular weight is 1280 g/mol. The molecule has 0 spiro atoms. The molecule has 11 aromatic carbocycles. The van der Waals surface area contributed by atoms with Gasteiger partial charge in [0.05, 0.1) is 42.0 Å². The minimum Gasteiger partial charge on any atom is -0.476 e.